The number of hydrogen-bond donors (Lipinski definition) is 2. The number of methoxy groups -OCH3 is 1. The highest BCUT2D eigenvalue weighted by Gasteiger charge is 2.42. The van der Waals surface area contributed by atoms with Crippen molar-refractivity contribution in [2.75, 3.05) is 24.3 Å². The highest BCUT2D eigenvalue weighted by molar-refractivity contribution is 5.83. The molecule has 0 bridgehead atoms. The van der Waals surface area contributed by atoms with Crippen LogP contribution in [0.15, 0.2) is 48.0 Å². The molecule has 1 aliphatic carbocycles. The molecular formula is C23H28FN3O. The van der Waals surface area contributed by atoms with E-state index in [9.17, 15) is 4.39 Å². The number of rotatable bonds is 9. The second-order valence-corrected chi connectivity index (χ2v) is 7.27. The van der Waals surface area contributed by atoms with Gasteiger partial charge in [0.15, 0.2) is 0 Å². The summed E-state index contributed by atoms with van der Waals surface area (Å²) in [5.41, 5.74) is 4.26. The molecule has 2 N–H and O–H groups in total. The maximum atomic E-state index is 14.5. The van der Waals surface area contributed by atoms with E-state index in [1.54, 1.807) is 13.3 Å². The molecule has 3 rings (SSSR count). The fourth-order valence-corrected chi connectivity index (χ4v) is 3.30. The van der Waals surface area contributed by atoms with Gasteiger partial charge in [-0.25, -0.2) is 4.39 Å². The molecule has 1 aliphatic rings. The van der Waals surface area contributed by atoms with E-state index in [0.29, 0.717) is 16.9 Å². The van der Waals surface area contributed by atoms with E-state index in [1.165, 1.54) is 6.07 Å². The number of ether oxygens (including phenoxy) is 1. The Morgan fingerprint density at radius 2 is 1.93 bits per heavy atom. The van der Waals surface area contributed by atoms with Gasteiger partial charge in [-0.05, 0) is 75.1 Å². The highest BCUT2D eigenvalue weighted by Crippen LogP contribution is 2.41. The Hall–Kier alpha value is -2.66. The quantitative estimate of drug-likeness (QED) is 0.530. The van der Waals surface area contributed by atoms with Gasteiger partial charge in [0.25, 0.3) is 0 Å². The lowest BCUT2D eigenvalue weighted by atomic mass is 10.1. The summed E-state index contributed by atoms with van der Waals surface area (Å²) in [5.74, 6) is -0.330. The zero-order chi connectivity index (χ0) is 20.1. The number of aryl methyl sites for hydroxylation is 1. The van der Waals surface area contributed by atoms with Crippen molar-refractivity contribution in [3.8, 4) is 0 Å². The first-order valence-corrected chi connectivity index (χ1v) is 9.60. The van der Waals surface area contributed by atoms with E-state index >= 15 is 0 Å². The van der Waals surface area contributed by atoms with E-state index in [0.717, 1.165) is 42.7 Å². The topological polar surface area (TPSA) is 45.6 Å². The van der Waals surface area contributed by atoms with Crippen molar-refractivity contribution in [3.05, 3.63) is 59.9 Å². The molecule has 0 saturated heterocycles. The molecule has 1 fully saturated rings. The number of nitrogens with one attached hydrogen (secondary N) is 2. The molecule has 0 amide bonds. The molecule has 0 aromatic heterocycles. The maximum Gasteiger partial charge on any atom is 0.134 e. The second kappa shape index (κ2) is 8.57. The van der Waals surface area contributed by atoms with Crippen molar-refractivity contribution in [1.82, 2.24) is 0 Å². The van der Waals surface area contributed by atoms with Crippen LogP contribution in [0.1, 0.15) is 37.3 Å². The molecule has 0 aliphatic heterocycles. The van der Waals surface area contributed by atoms with Gasteiger partial charge in [-0.2, -0.15) is 0 Å². The van der Waals surface area contributed by atoms with Crippen LogP contribution in [0.2, 0.25) is 0 Å². The number of anilines is 2. The van der Waals surface area contributed by atoms with E-state index in [1.807, 2.05) is 44.2 Å². The summed E-state index contributed by atoms with van der Waals surface area (Å²) >= 11 is 0. The van der Waals surface area contributed by atoms with E-state index < -0.39 is 0 Å². The Bertz CT molecular complexity index is 870. The van der Waals surface area contributed by atoms with Gasteiger partial charge in [-0.3, -0.25) is 4.99 Å². The Morgan fingerprint density at radius 1 is 1.25 bits per heavy atom. The molecule has 2 aromatic carbocycles. The van der Waals surface area contributed by atoms with Gasteiger partial charge in [0.2, 0.25) is 0 Å². The third-order valence-electron chi connectivity index (χ3n) is 5.11. The molecular weight excluding hydrogens is 353 g/mol. The lowest BCUT2D eigenvalue weighted by Crippen LogP contribution is -2.16. The average molecular weight is 381 g/mol. The van der Waals surface area contributed by atoms with Crippen LogP contribution in [0.3, 0.4) is 0 Å². The third-order valence-corrected chi connectivity index (χ3v) is 5.11. The minimum atomic E-state index is -0.330. The van der Waals surface area contributed by atoms with Crippen LogP contribution in [0.4, 0.5) is 21.5 Å². The molecule has 1 saturated carbocycles. The largest absolute Gasteiger partial charge is 0.385 e. The van der Waals surface area contributed by atoms with Gasteiger partial charge in [-0.15, -0.1) is 0 Å². The molecule has 0 atom stereocenters. The van der Waals surface area contributed by atoms with Crippen molar-refractivity contribution in [2.45, 2.75) is 38.7 Å². The predicted octanol–water partition coefficient (Wildman–Crippen LogP) is 5.92. The maximum absolute atomic E-state index is 14.5. The van der Waals surface area contributed by atoms with Gasteiger partial charge >= 0.3 is 0 Å². The van der Waals surface area contributed by atoms with Crippen LogP contribution in [-0.4, -0.2) is 25.5 Å². The molecule has 28 heavy (non-hydrogen) atoms. The first-order chi connectivity index (χ1) is 13.5. The smallest absolute Gasteiger partial charge is 0.134 e. The molecule has 0 heterocycles. The van der Waals surface area contributed by atoms with Crippen molar-refractivity contribution in [3.63, 3.8) is 0 Å². The number of halogens is 1. The molecule has 0 unspecified atom stereocenters. The van der Waals surface area contributed by atoms with Gasteiger partial charge in [-0.1, -0.05) is 6.58 Å². The van der Waals surface area contributed by atoms with Crippen LogP contribution >= 0.6 is 0 Å². The van der Waals surface area contributed by atoms with Crippen molar-refractivity contribution in [2.24, 2.45) is 4.99 Å². The SMILES string of the molecule is C=C(Nc1ccc(NCCC2(OC)CC2)cc1)c1c(F)cc(C)cc1N=CC. The zero-order valence-electron chi connectivity index (χ0n) is 16.8. The summed E-state index contributed by atoms with van der Waals surface area (Å²) in [6.07, 6.45) is 4.96. The van der Waals surface area contributed by atoms with E-state index in [2.05, 4.69) is 22.2 Å². The lowest BCUT2D eigenvalue weighted by Gasteiger charge is -2.15. The van der Waals surface area contributed by atoms with Gasteiger partial charge in [0, 0.05) is 36.9 Å². The van der Waals surface area contributed by atoms with E-state index in [4.69, 9.17) is 4.74 Å². The zero-order valence-corrected chi connectivity index (χ0v) is 16.8. The van der Waals surface area contributed by atoms with Crippen LogP contribution in [-0.2, 0) is 4.74 Å². The fourth-order valence-electron chi connectivity index (χ4n) is 3.30. The van der Waals surface area contributed by atoms with Gasteiger partial charge in [0.1, 0.15) is 5.82 Å². The van der Waals surface area contributed by atoms with Gasteiger partial charge in [0.05, 0.1) is 16.9 Å². The van der Waals surface area contributed by atoms with Crippen LogP contribution in [0.5, 0.6) is 0 Å². The Morgan fingerprint density at radius 3 is 2.54 bits per heavy atom. The fraction of sp³-hybridized carbons (Fsp3) is 0.348. The first kappa shape index (κ1) is 20.1. The molecule has 0 radical (unpaired) electrons. The normalized spacial score (nSPS) is 14.9. The third kappa shape index (κ3) is 4.78. The van der Waals surface area contributed by atoms with Crippen molar-refractivity contribution < 1.29 is 9.13 Å². The van der Waals surface area contributed by atoms with Crippen molar-refractivity contribution in [1.29, 1.82) is 0 Å². The highest BCUT2D eigenvalue weighted by atomic mass is 19.1. The lowest BCUT2D eigenvalue weighted by molar-refractivity contribution is 0.0759. The Labute approximate surface area is 166 Å². The molecule has 148 valence electrons. The number of hydrogen-bond acceptors (Lipinski definition) is 4. The molecule has 2 aromatic rings. The van der Waals surface area contributed by atoms with Crippen molar-refractivity contribution >= 4 is 29.0 Å². The average Bonchev–Trinajstić information content (AvgIpc) is 3.43. The number of nitrogens with zero attached hydrogens (tertiary/aromatic N) is 1. The Balaban J connectivity index is 1.63. The summed E-state index contributed by atoms with van der Waals surface area (Å²) in [6.45, 7) is 8.55. The molecule has 0 spiro atoms. The molecule has 4 nitrogen and oxygen atoms in total. The summed E-state index contributed by atoms with van der Waals surface area (Å²) in [4.78, 5) is 4.28. The minimum Gasteiger partial charge on any atom is -0.385 e. The number of aliphatic imine (C=N–C) groups is 1. The monoisotopic (exact) mass is 381 g/mol. The van der Waals surface area contributed by atoms with Crippen LogP contribution in [0, 0.1) is 12.7 Å². The summed E-state index contributed by atoms with van der Waals surface area (Å²) in [5, 5.41) is 6.61. The van der Waals surface area contributed by atoms with Crippen LogP contribution in [0.25, 0.3) is 5.70 Å². The second-order valence-electron chi connectivity index (χ2n) is 7.27. The molecule has 5 heteroatoms. The van der Waals surface area contributed by atoms with Gasteiger partial charge < -0.3 is 15.4 Å². The minimum absolute atomic E-state index is 0.100. The van der Waals surface area contributed by atoms with E-state index in [-0.39, 0.29) is 11.4 Å². The first-order valence-electron chi connectivity index (χ1n) is 9.60. The van der Waals surface area contributed by atoms with Crippen LogP contribution < -0.4 is 10.6 Å². The summed E-state index contributed by atoms with van der Waals surface area (Å²) in [7, 11) is 1.79. The number of benzene rings is 2. The summed E-state index contributed by atoms with van der Waals surface area (Å²) < 4.78 is 20.1. The predicted molar refractivity (Wildman–Crippen MR) is 116 cm³/mol. The standard InChI is InChI=1S/C23H28FN3O/c1-5-25-21-15-16(2)14-20(24)22(21)17(3)27-19-8-6-18(7-9-19)26-13-12-23(28-4)10-11-23/h5-9,14-15,26-27H,3,10-13H2,1-2,4H3. The summed E-state index contributed by atoms with van der Waals surface area (Å²) in [6, 6.07) is 11.2. The Kier molecular flexibility index (Phi) is 6.15.